The number of aromatic amines is 1. The van der Waals surface area contributed by atoms with E-state index in [2.05, 4.69) is 21.0 Å². The van der Waals surface area contributed by atoms with Crippen LogP contribution in [0, 0.1) is 0 Å². The third kappa shape index (κ3) is 4.20. The Bertz CT molecular complexity index is 523. The van der Waals surface area contributed by atoms with Crippen LogP contribution in [0.15, 0.2) is 25.6 Å². The molecule has 0 amide bonds. The van der Waals surface area contributed by atoms with Gasteiger partial charge in [0.05, 0.1) is 12.6 Å². The number of aliphatic imine (C=N–C) groups is 2. The average molecular weight is 274 g/mol. The SMILES string of the molecule is CCN=C=NCc1cc(=O)n(N(C)C)c(=O)[nH]1.Cl. The molecule has 0 aliphatic heterocycles. The minimum Gasteiger partial charge on any atom is -0.312 e. The van der Waals surface area contributed by atoms with Crippen LogP contribution in [-0.4, -0.2) is 36.3 Å². The lowest BCUT2D eigenvalue weighted by Crippen LogP contribution is -2.46. The molecule has 0 saturated carbocycles. The number of rotatable bonds is 4. The van der Waals surface area contributed by atoms with Crippen molar-refractivity contribution in [2.24, 2.45) is 9.98 Å². The molecule has 0 aromatic carbocycles. The van der Waals surface area contributed by atoms with Gasteiger partial charge in [-0.25, -0.2) is 14.8 Å². The van der Waals surface area contributed by atoms with Crippen LogP contribution < -0.4 is 16.3 Å². The minimum atomic E-state index is -0.486. The summed E-state index contributed by atoms with van der Waals surface area (Å²) in [4.78, 5) is 33.4. The van der Waals surface area contributed by atoms with E-state index in [4.69, 9.17) is 0 Å². The fourth-order valence-electron chi connectivity index (χ4n) is 1.24. The molecule has 18 heavy (non-hydrogen) atoms. The number of nitrogens with one attached hydrogen (secondary N) is 1. The molecule has 8 heteroatoms. The summed E-state index contributed by atoms with van der Waals surface area (Å²) in [5, 5.41) is 1.41. The topological polar surface area (TPSA) is 82.8 Å². The van der Waals surface area contributed by atoms with Gasteiger partial charge in [-0.2, -0.15) is 4.68 Å². The van der Waals surface area contributed by atoms with Gasteiger partial charge in [0.25, 0.3) is 5.56 Å². The van der Waals surface area contributed by atoms with Gasteiger partial charge in [-0.3, -0.25) is 4.79 Å². The Balaban J connectivity index is 0.00000289. The van der Waals surface area contributed by atoms with Crippen molar-refractivity contribution in [2.45, 2.75) is 13.5 Å². The molecule has 0 bridgehead atoms. The molecule has 1 heterocycles. The normalized spacial score (nSPS) is 9.06. The lowest BCUT2D eigenvalue weighted by atomic mass is 10.4. The molecule has 0 aliphatic rings. The highest BCUT2D eigenvalue weighted by Crippen LogP contribution is 1.88. The zero-order chi connectivity index (χ0) is 12.8. The second-order valence-corrected chi connectivity index (χ2v) is 3.49. The molecule has 100 valence electrons. The number of hydrogen-bond acceptors (Lipinski definition) is 5. The fourth-order valence-corrected chi connectivity index (χ4v) is 1.24. The largest absolute Gasteiger partial charge is 0.347 e. The van der Waals surface area contributed by atoms with Crippen molar-refractivity contribution < 1.29 is 0 Å². The summed E-state index contributed by atoms with van der Waals surface area (Å²) in [6, 6.07) is 3.80. The third-order valence-electron chi connectivity index (χ3n) is 1.92. The molecule has 0 unspecified atom stereocenters. The molecular formula is C10H16ClN5O2. The molecular weight excluding hydrogens is 258 g/mol. The van der Waals surface area contributed by atoms with Gasteiger partial charge in [0.15, 0.2) is 0 Å². The number of halogens is 1. The molecule has 1 rings (SSSR count). The van der Waals surface area contributed by atoms with E-state index < -0.39 is 11.2 Å². The standard InChI is InChI=1S/C10H15N5O2.ClH/c1-4-11-7-12-6-8-5-9(16)15(14(2)3)10(17)13-8;/h5H,4,6H2,1-3H3,(H,13,17);1H. The van der Waals surface area contributed by atoms with Gasteiger partial charge in [-0.15, -0.1) is 12.4 Å². The highest BCUT2D eigenvalue weighted by atomic mass is 35.5. The number of H-pyrrole nitrogens is 1. The Kier molecular flexibility index (Phi) is 6.70. The van der Waals surface area contributed by atoms with Gasteiger partial charge in [-0.05, 0) is 6.92 Å². The zero-order valence-electron chi connectivity index (χ0n) is 10.5. The van der Waals surface area contributed by atoms with Crippen molar-refractivity contribution in [2.75, 3.05) is 25.6 Å². The molecule has 7 nitrogen and oxygen atoms in total. The van der Waals surface area contributed by atoms with E-state index in [1.165, 1.54) is 11.1 Å². The molecule has 0 radical (unpaired) electrons. The van der Waals surface area contributed by atoms with Gasteiger partial charge in [-0.1, -0.05) is 0 Å². The van der Waals surface area contributed by atoms with Crippen molar-refractivity contribution in [3.63, 3.8) is 0 Å². The van der Waals surface area contributed by atoms with E-state index in [9.17, 15) is 9.59 Å². The molecule has 1 aromatic rings. The average Bonchev–Trinajstić information content (AvgIpc) is 2.23. The first-order valence-electron chi connectivity index (χ1n) is 5.17. The summed E-state index contributed by atoms with van der Waals surface area (Å²) in [5.74, 6) is 0. The quantitative estimate of drug-likeness (QED) is 0.775. The van der Waals surface area contributed by atoms with Gasteiger partial charge in [0, 0.05) is 32.4 Å². The number of hydrogen-bond donors (Lipinski definition) is 1. The summed E-state index contributed by atoms with van der Waals surface area (Å²) in [7, 11) is 3.23. The van der Waals surface area contributed by atoms with Crippen LogP contribution in [0.25, 0.3) is 0 Å². The Morgan fingerprint density at radius 2 is 2.06 bits per heavy atom. The van der Waals surface area contributed by atoms with Gasteiger partial charge < -0.3 is 9.99 Å². The molecule has 0 spiro atoms. The fraction of sp³-hybridized carbons (Fsp3) is 0.500. The second kappa shape index (κ2) is 7.47. The summed E-state index contributed by atoms with van der Waals surface area (Å²) in [6.07, 6.45) is 0. The van der Waals surface area contributed by atoms with Crippen LogP contribution >= 0.6 is 12.4 Å². The van der Waals surface area contributed by atoms with Crippen LogP contribution in [0.2, 0.25) is 0 Å². The molecule has 0 atom stereocenters. The smallest absolute Gasteiger partial charge is 0.312 e. The monoisotopic (exact) mass is 273 g/mol. The Hall–Kier alpha value is -1.85. The van der Waals surface area contributed by atoms with Gasteiger partial charge in [0.2, 0.25) is 0 Å². The summed E-state index contributed by atoms with van der Waals surface area (Å²) >= 11 is 0. The molecule has 0 aliphatic carbocycles. The lowest BCUT2D eigenvalue weighted by molar-refractivity contribution is 0.643. The van der Waals surface area contributed by atoms with E-state index in [0.717, 1.165) is 4.68 Å². The molecule has 1 N–H and O–H groups in total. The van der Waals surface area contributed by atoms with Crippen LogP contribution in [0.3, 0.4) is 0 Å². The van der Waals surface area contributed by atoms with Crippen LogP contribution in [0.5, 0.6) is 0 Å². The molecule has 1 aromatic heterocycles. The van der Waals surface area contributed by atoms with Crippen molar-refractivity contribution >= 4 is 18.4 Å². The highest BCUT2D eigenvalue weighted by molar-refractivity contribution is 5.85. The third-order valence-corrected chi connectivity index (χ3v) is 1.92. The maximum atomic E-state index is 11.6. The van der Waals surface area contributed by atoms with Crippen LogP contribution in [0.4, 0.5) is 0 Å². The van der Waals surface area contributed by atoms with E-state index in [-0.39, 0.29) is 19.0 Å². The Labute approximate surface area is 110 Å². The summed E-state index contributed by atoms with van der Waals surface area (Å²) < 4.78 is 0.993. The van der Waals surface area contributed by atoms with E-state index in [1.54, 1.807) is 14.1 Å². The van der Waals surface area contributed by atoms with E-state index in [0.29, 0.717) is 12.2 Å². The second-order valence-electron chi connectivity index (χ2n) is 3.49. The van der Waals surface area contributed by atoms with Gasteiger partial charge >= 0.3 is 5.69 Å². The summed E-state index contributed by atoms with van der Waals surface area (Å²) in [6.45, 7) is 2.65. The highest BCUT2D eigenvalue weighted by Gasteiger charge is 2.04. The zero-order valence-corrected chi connectivity index (χ0v) is 11.3. The van der Waals surface area contributed by atoms with Gasteiger partial charge in [0.1, 0.15) is 0 Å². The predicted octanol–water partition coefficient (Wildman–Crippen LogP) is -0.150. The Morgan fingerprint density at radius 3 is 2.56 bits per heavy atom. The Morgan fingerprint density at radius 1 is 1.39 bits per heavy atom. The first-order valence-corrected chi connectivity index (χ1v) is 5.17. The number of nitrogens with zero attached hydrogens (tertiary/aromatic N) is 4. The predicted molar refractivity (Wildman–Crippen MR) is 72.7 cm³/mol. The van der Waals surface area contributed by atoms with Crippen LogP contribution in [0.1, 0.15) is 12.6 Å². The maximum Gasteiger partial charge on any atom is 0.347 e. The van der Waals surface area contributed by atoms with Crippen molar-refractivity contribution in [1.82, 2.24) is 9.66 Å². The van der Waals surface area contributed by atoms with Crippen molar-refractivity contribution in [1.29, 1.82) is 0 Å². The van der Waals surface area contributed by atoms with E-state index >= 15 is 0 Å². The van der Waals surface area contributed by atoms with Crippen molar-refractivity contribution in [3.05, 3.63) is 32.6 Å². The first-order chi connectivity index (χ1) is 8.06. The first kappa shape index (κ1) is 16.1. The lowest BCUT2D eigenvalue weighted by Gasteiger charge is -2.13. The summed E-state index contributed by atoms with van der Waals surface area (Å²) in [5.41, 5.74) is -0.437. The molecule has 0 fully saturated rings. The minimum absolute atomic E-state index is 0. The van der Waals surface area contributed by atoms with Crippen LogP contribution in [-0.2, 0) is 6.54 Å². The van der Waals surface area contributed by atoms with Crippen molar-refractivity contribution in [3.8, 4) is 0 Å². The van der Waals surface area contributed by atoms with E-state index in [1.807, 2.05) is 6.92 Å². The number of aromatic nitrogens is 2. The maximum absolute atomic E-state index is 11.6. The molecule has 0 saturated heterocycles.